The van der Waals surface area contributed by atoms with Crippen molar-refractivity contribution < 1.29 is 46.5 Å². The number of benzene rings is 1. The zero-order valence-electron chi connectivity index (χ0n) is 31.8. The molecule has 0 unspecified atom stereocenters. The second-order valence-corrected chi connectivity index (χ2v) is 17.9. The quantitative estimate of drug-likeness (QED) is 0.309. The standard InChI is InChI=1S/C41H51N3O10S/c1-25-10-9-12-26-16-31-32(19-35(26)51-2)42-37(52-3)20-36(31)54-29-18-33-34(45)22-41(40(48)43-55(49,50)30-14-15-30)21-28(41)13-8-6-4-5-7-11-27(17-38(46)53-24-25)39(47)44(33)23-29/h8-9,12-13,16,19-20,25,27-30,33H,4-7,10-11,14-15,17-18,21-24H2,1-3H3,(H,43,48)/b12-9+,13-8-/t25-,27-,28+,29-,33+,41-/m1/s1. The average molecular weight is 778 g/mol. The van der Waals surface area contributed by atoms with Crippen LogP contribution in [0.25, 0.3) is 17.0 Å². The minimum Gasteiger partial charge on any atom is -0.496 e. The first-order chi connectivity index (χ1) is 26.4. The lowest BCUT2D eigenvalue weighted by molar-refractivity contribution is -0.151. The van der Waals surface area contributed by atoms with Gasteiger partial charge in [0.05, 0.1) is 56.0 Å². The average Bonchev–Trinajstić information content (AvgIpc) is 4.09. The molecule has 13 nitrogen and oxygen atoms in total. The number of fused-ring (bicyclic) bond motifs is 4. The van der Waals surface area contributed by atoms with Gasteiger partial charge in [-0.2, -0.15) is 0 Å². The number of ether oxygens (including phenoxy) is 4. The fourth-order valence-electron chi connectivity index (χ4n) is 8.22. The summed E-state index contributed by atoms with van der Waals surface area (Å²) in [5.41, 5.74) is 0.109. The molecular weight excluding hydrogens is 727 g/mol. The number of cyclic esters (lactones) is 1. The van der Waals surface area contributed by atoms with E-state index in [0.717, 1.165) is 24.8 Å². The number of Topliss-reactive ketones (excluding diaryl/α,β-unsaturated/α-hetero) is 1. The fraction of sp³-hybridized carbons (Fsp3) is 0.585. The molecule has 1 saturated heterocycles. The molecule has 0 spiro atoms. The summed E-state index contributed by atoms with van der Waals surface area (Å²) >= 11 is 0. The number of ketones is 1. The molecule has 7 rings (SSSR count). The van der Waals surface area contributed by atoms with Gasteiger partial charge >= 0.3 is 5.97 Å². The summed E-state index contributed by atoms with van der Waals surface area (Å²) in [4.78, 5) is 62.5. The van der Waals surface area contributed by atoms with Gasteiger partial charge in [0.25, 0.3) is 0 Å². The normalized spacial score (nSPS) is 30.5. The molecule has 2 aromatic rings. The number of carbonyl (C=O) groups excluding carboxylic acids is 4. The summed E-state index contributed by atoms with van der Waals surface area (Å²) in [5, 5.41) is 0.0881. The van der Waals surface area contributed by atoms with Gasteiger partial charge in [0.2, 0.25) is 27.7 Å². The molecular formula is C41H51N3O10S. The summed E-state index contributed by atoms with van der Waals surface area (Å²) in [6.45, 7) is 2.23. The van der Waals surface area contributed by atoms with Crippen LogP contribution in [-0.4, -0.2) is 86.6 Å². The van der Waals surface area contributed by atoms with Crippen molar-refractivity contribution >= 4 is 50.6 Å². The number of hydrogen-bond donors (Lipinski definition) is 1. The van der Waals surface area contributed by atoms with E-state index in [4.69, 9.17) is 18.9 Å². The zero-order chi connectivity index (χ0) is 38.9. The topological polar surface area (TPSA) is 167 Å². The number of methoxy groups -OCH3 is 2. The molecule has 5 bridgehead atoms. The third kappa shape index (κ3) is 8.53. The minimum atomic E-state index is -3.85. The van der Waals surface area contributed by atoms with E-state index in [1.165, 1.54) is 12.0 Å². The summed E-state index contributed by atoms with van der Waals surface area (Å²) in [6, 6.07) is 4.44. The Morgan fingerprint density at radius 2 is 1.85 bits per heavy atom. The van der Waals surface area contributed by atoms with Crippen molar-refractivity contribution in [3.8, 4) is 17.4 Å². The molecule has 2 aliphatic carbocycles. The van der Waals surface area contributed by atoms with E-state index in [-0.39, 0.29) is 55.9 Å². The molecule has 1 aromatic carbocycles. The molecule has 6 atom stereocenters. The Kier molecular flexibility index (Phi) is 11.3. The molecule has 14 heteroatoms. The fourth-order valence-corrected chi connectivity index (χ4v) is 9.60. The molecule has 55 heavy (non-hydrogen) atoms. The van der Waals surface area contributed by atoms with Gasteiger partial charge < -0.3 is 23.8 Å². The van der Waals surface area contributed by atoms with Crippen LogP contribution in [0.3, 0.4) is 0 Å². The van der Waals surface area contributed by atoms with Crippen molar-refractivity contribution in [2.45, 2.75) is 101 Å². The van der Waals surface area contributed by atoms with Crippen LogP contribution < -0.4 is 18.9 Å². The van der Waals surface area contributed by atoms with Gasteiger partial charge in [-0.15, -0.1) is 0 Å². The van der Waals surface area contributed by atoms with E-state index in [0.29, 0.717) is 66.8 Å². The van der Waals surface area contributed by atoms with Crippen LogP contribution in [0.5, 0.6) is 17.4 Å². The number of rotatable bonds is 5. The molecule has 296 valence electrons. The highest BCUT2D eigenvalue weighted by Gasteiger charge is 2.61. The van der Waals surface area contributed by atoms with Crippen LogP contribution in [0.2, 0.25) is 0 Å². The van der Waals surface area contributed by atoms with Gasteiger partial charge in [0, 0.05) is 41.8 Å². The number of allylic oxidation sites excluding steroid dienone is 3. The van der Waals surface area contributed by atoms with E-state index < -0.39 is 50.6 Å². The van der Waals surface area contributed by atoms with Gasteiger partial charge in [-0.1, -0.05) is 44.1 Å². The van der Waals surface area contributed by atoms with E-state index in [9.17, 15) is 27.6 Å². The predicted octanol–water partition coefficient (Wildman–Crippen LogP) is 5.30. The van der Waals surface area contributed by atoms with E-state index in [2.05, 4.69) is 9.71 Å². The van der Waals surface area contributed by atoms with Crippen LogP contribution >= 0.6 is 0 Å². The molecule has 1 N–H and O–H groups in total. The Hall–Kier alpha value is -4.46. The molecule has 5 aliphatic rings. The van der Waals surface area contributed by atoms with E-state index >= 15 is 0 Å². The second-order valence-electron chi connectivity index (χ2n) is 15.9. The van der Waals surface area contributed by atoms with Gasteiger partial charge in [0.1, 0.15) is 17.6 Å². The lowest BCUT2D eigenvalue weighted by Gasteiger charge is -2.29. The van der Waals surface area contributed by atoms with Crippen molar-refractivity contribution in [1.29, 1.82) is 0 Å². The smallest absolute Gasteiger partial charge is 0.306 e. The van der Waals surface area contributed by atoms with Crippen molar-refractivity contribution in [2.75, 3.05) is 27.4 Å². The zero-order valence-corrected chi connectivity index (χ0v) is 32.6. The van der Waals surface area contributed by atoms with Crippen LogP contribution in [0.4, 0.5) is 0 Å². The van der Waals surface area contributed by atoms with Crippen molar-refractivity contribution in [2.24, 2.45) is 23.2 Å². The maximum Gasteiger partial charge on any atom is 0.306 e. The number of esters is 1. The highest BCUT2D eigenvalue weighted by Crippen LogP contribution is 2.57. The number of pyridine rings is 1. The molecule has 3 fully saturated rings. The summed E-state index contributed by atoms with van der Waals surface area (Å²) in [6.07, 6.45) is 12.5. The first-order valence-electron chi connectivity index (χ1n) is 19.5. The number of nitrogens with zero attached hydrogens (tertiary/aromatic N) is 2. The Bertz CT molecular complexity index is 2010. The largest absolute Gasteiger partial charge is 0.496 e. The van der Waals surface area contributed by atoms with Crippen LogP contribution in [0.15, 0.2) is 36.4 Å². The van der Waals surface area contributed by atoms with Crippen LogP contribution in [0, 0.1) is 23.2 Å². The Labute approximate surface area is 322 Å². The van der Waals surface area contributed by atoms with Crippen molar-refractivity contribution in [3.05, 3.63) is 42.0 Å². The summed E-state index contributed by atoms with van der Waals surface area (Å²) in [5.74, 6) is -1.49. The number of amides is 2. The van der Waals surface area contributed by atoms with Crippen molar-refractivity contribution in [1.82, 2.24) is 14.6 Å². The number of hydrogen-bond acceptors (Lipinski definition) is 11. The van der Waals surface area contributed by atoms with E-state index in [1.807, 2.05) is 37.3 Å². The minimum absolute atomic E-state index is 0.00316. The number of carbonyl (C=O) groups is 4. The van der Waals surface area contributed by atoms with Crippen LogP contribution in [0.1, 0.15) is 89.5 Å². The Balaban J connectivity index is 1.27. The molecule has 1 aromatic heterocycles. The maximum absolute atomic E-state index is 14.6. The monoisotopic (exact) mass is 777 g/mol. The summed E-state index contributed by atoms with van der Waals surface area (Å²) < 4.78 is 51.7. The maximum atomic E-state index is 14.6. The first-order valence-corrected chi connectivity index (χ1v) is 21.1. The molecule has 0 radical (unpaired) electrons. The third-order valence-electron chi connectivity index (χ3n) is 11.7. The van der Waals surface area contributed by atoms with E-state index in [1.54, 1.807) is 19.2 Å². The number of sulfonamides is 1. The lowest BCUT2D eigenvalue weighted by atomic mass is 9.90. The Morgan fingerprint density at radius 1 is 1.04 bits per heavy atom. The van der Waals surface area contributed by atoms with Crippen LogP contribution in [-0.2, 0) is 33.9 Å². The number of nitrogens with one attached hydrogen (secondary N) is 1. The molecule has 4 heterocycles. The van der Waals surface area contributed by atoms with Gasteiger partial charge in [-0.25, -0.2) is 13.4 Å². The SMILES string of the molecule is COc1cc2c3cc(c(OC)cc3n1)/C=C/C[C@@H](C)COC(=O)C[C@H]1CCCCC/C=C\[C@H]3C[C@@]3(C(=O)NS(=O)(=O)C3CC3)CC(=O)[C@@H]3C[C@H](CN3C1=O)O2. The second kappa shape index (κ2) is 16.0. The van der Waals surface area contributed by atoms with Gasteiger partial charge in [-0.05, 0) is 62.8 Å². The molecule has 2 saturated carbocycles. The highest BCUT2D eigenvalue weighted by molar-refractivity contribution is 7.90. The Morgan fingerprint density at radius 3 is 2.62 bits per heavy atom. The number of aromatic nitrogens is 1. The molecule has 2 amide bonds. The third-order valence-corrected chi connectivity index (χ3v) is 13.5. The van der Waals surface area contributed by atoms with Gasteiger partial charge in [0.15, 0.2) is 5.78 Å². The van der Waals surface area contributed by atoms with Gasteiger partial charge in [-0.3, -0.25) is 23.9 Å². The predicted molar refractivity (Wildman–Crippen MR) is 204 cm³/mol. The van der Waals surface area contributed by atoms with Crippen molar-refractivity contribution in [3.63, 3.8) is 0 Å². The molecule has 3 aliphatic heterocycles. The highest BCUT2D eigenvalue weighted by atomic mass is 32.2. The first kappa shape index (κ1) is 38.8. The summed E-state index contributed by atoms with van der Waals surface area (Å²) in [7, 11) is -0.760. The lowest BCUT2D eigenvalue weighted by Crippen LogP contribution is -2.46.